The first kappa shape index (κ1) is 19.3. The van der Waals surface area contributed by atoms with Gasteiger partial charge in [-0.3, -0.25) is 4.98 Å². The Balaban J connectivity index is 2.20. The van der Waals surface area contributed by atoms with Crippen LogP contribution in [-0.2, 0) is 15.9 Å². The minimum absolute atomic E-state index is 0.476. The second-order valence-corrected chi connectivity index (χ2v) is 6.44. The summed E-state index contributed by atoms with van der Waals surface area (Å²) in [6.07, 6.45) is 2.18. The third kappa shape index (κ3) is 4.29. The number of pyridine rings is 1. The van der Waals surface area contributed by atoms with E-state index in [-0.39, 0.29) is 0 Å². The van der Waals surface area contributed by atoms with E-state index in [0.717, 1.165) is 39.8 Å². The van der Waals surface area contributed by atoms with E-state index < -0.39 is 6.29 Å². The topological polar surface area (TPSA) is 40.6 Å². The van der Waals surface area contributed by atoms with Crippen molar-refractivity contribution in [2.45, 2.75) is 33.5 Å². The van der Waals surface area contributed by atoms with Crippen molar-refractivity contribution in [2.24, 2.45) is 0 Å². The molecule has 0 saturated carbocycles. The van der Waals surface area contributed by atoms with Gasteiger partial charge >= 0.3 is 0 Å². The van der Waals surface area contributed by atoms with Crippen molar-refractivity contribution in [3.63, 3.8) is 0 Å². The van der Waals surface area contributed by atoms with Crippen LogP contribution in [0.15, 0.2) is 48.7 Å². The molecule has 0 N–H and O–H groups in total. The van der Waals surface area contributed by atoms with Gasteiger partial charge < -0.3 is 14.2 Å². The van der Waals surface area contributed by atoms with Crippen molar-refractivity contribution in [3.8, 4) is 5.75 Å². The Bertz CT molecular complexity index is 887. The first-order valence-electron chi connectivity index (χ1n) is 9.41. The van der Waals surface area contributed by atoms with Gasteiger partial charge in [-0.15, -0.1) is 0 Å². The number of benzene rings is 2. The normalized spacial score (nSPS) is 11.3. The van der Waals surface area contributed by atoms with Gasteiger partial charge in [0, 0.05) is 31.2 Å². The molecule has 4 heteroatoms. The number of nitrogens with zero attached hydrogens (tertiary/aromatic N) is 1. The maximum absolute atomic E-state index is 5.86. The highest BCUT2D eigenvalue weighted by Crippen LogP contribution is 2.33. The Hall–Kier alpha value is -2.43. The molecule has 0 radical (unpaired) electrons. The lowest BCUT2D eigenvalue weighted by atomic mass is 9.96. The Kier molecular flexibility index (Phi) is 6.43. The summed E-state index contributed by atoms with van der Waals surface area (Å²) in [4.78, 5) is 4.75. The lowest BCUT2D eigenvalue weighted by Gasteiger charge is -2.21. The maximum atomic E-state index is 5.86. The van der Waals surface area contributed by atoms with E-state index in [1.165, 1.54) is 5.56 Å². The molecule has 3 rings (SSSR count). The van der Waals surface area contributed by atoms with Crippen LogP contribution < -0.4 is 4.74 Å². The number of fused-ring (bicyclic) bond motifs is 1. The zero-order valence-electron chi connectivity index (χ0n) is 16.5. The van der Waals surface area contributed by atoms with Crippen LogP contribution in [-0.4, -0.2) is 25.3 Å². The number of rotatable bonds is 8. The fourth-order valence-corrected chi connectivity index (χ4v) is 3.35. The van der Waals surface area contributed by atoms with Crippen molar-refractivity contribution in [1.29, 1.82) is 0 Å². The fraction of sp³-hybridized carbons (Fsp3) is 0.348. The van der Waals surface area contributed by atoms with Crippen LogP contribution in [0.4, 0.5) is 0 Å². The van der Waals surface area contributed by atoms with Gasteiger partial charge in [0.25, 0.3) is 0 Å². The molecule has 0 bridgehead atoms. The minimum Gasteiger partial charge on any atom is -0.496 e. The smallest absolute Gasteiger partial charge is 0.201 e. The van der Waals surface area contributed by atoms with Crippen molar-refractivity contribution >= 4 is 10.8 Å². The highest BCUT2D eigenvalue weighted by Gasteiger charge is 2.21. The summed E-state index contributed by atoms with van der Waals surface area (Å²) in [6.45, 7) is 7.11. The van der Waals surface area contributed by atoms with E-state index >= 15 is 0 Å². The van der Waals surface area contributed by atoms with E-state index in [4.69, 9.17) is 19.2 Å². The van der Waals surface area contributed by atoms with Crippen molar-refractivity contribution < 1.29 is 14.2 Å². The predicted octanol–water partition coefficient (Wildman–Crippen LogP) is 5.21. The van der Waals surface area contributed by atoms with Gasteiger partial charge in [-0.1, -0.05) is 30.3 Å². The molecule has 4 nitrogen and oxygen atoms in total. The summed E-state index contributed by atoms with van der Waals surface area (Å²) in [7, 11) is 1.70. The summed E-state index contributed by atoms with van der Waals surface area (Å²) in [5, 5.41) is 2.21. The molecule has 0 spiro atoms. The third-order valence-corrected chi connectivity index (χ3v) is 4.63. The largest absolute Gasteiger partial charge is 0.496 e. The standard InChI is InChI=1S/C23H27NO3/c1-5-26-23(27-6-2)22-20(13-17-10-8-7-9-11-17)19-14-21(25-4)16(3)12-18(19)15-24-22/h7-12,14-15,23H,5-6,13H2,1-4H3. The van der Waals surface area contributed by atoms with Crippen LogP contribution in [0, 0.1) is 6.92 Å². The number of aryl methyl sites for hydroxylation is 1. The average Bonchev–Trinajstić information content (AvgIpc) is 2.68. The zero-order valence-corrected chi connectivity index (χ0v) is 16.5. The van der Waals surface area contributed by atoms with Gasteiger partial charge in [0.2, 0.25) is 6.29 Å². The molecule has 0 saturated heterocycles. The molecule has 1 heterocycles. The fourth-order valence-electron chi connectivity index (χ4n) is 3.35. The molecule has 27 heavy (non-hydrogen) atoms. The van der Waals surface area contributed by atoms with Gasteiger partial charge in [0.15, 0.2) is 0 Å². The Morgan fingerprint density at radius 1 is 1.00 bits per heavy atom. The third-order valence-electron chi connectivity index (χ3n) is 4.63. The number of hydrogen-bond donors (Lipinski definition) is 0. The first-order valence-corrected chi connectivity index (χ1v) is 9.41. The Morgan fingerprint density at radius 2 is 1.70 bits per heavy atom. The van der Waals surface area contributed by atoms with E-state index in [1.807, 2.05) is 33.0 Å². The van der Waals surface area contributed by atoms with E-state index in [2.05, 4.69) is 36.4 Å². The first-order chi connectivity index (χ1) is 13.2. The lowest BCUT2D eigenvalue weighted by molar-refractivity contribution is -0.143. The van der Waals surface area contributed by atoms with Gasteiger partial charge in [-0.25, -0.2) is 0 Å². The Labute approximate surface area is 161 Å². The van der Waals surface area contributed by atoms with Gasteiger partial charge in [0.05, 0.1) is 7.11 Å². The zero-order chi connectivity index (χ0) is 19.2. The summed E-state index contributed by atoms with van der Waals surface area (Å²) < 4.78 is 17.3. The van der Waals surface area contributed by atoms with Crippen LogP contribution in [0.1, 0.15) is 42.5 Å². The molecule has 0 amide bonds. The number of methoxy groups -OCH3 is 1. The summed E-state index contributed by atoms with van der Waals surface area (Å²) in [5.41, 5.74) is 4.26. The maximum Gasteiger partial charge on any atom is 0.201 e. The Morgan fingerprint density at radius 3 is 2.33 bits per heavy atom. The number of ether oxygens (including phenoxy) is 3. The van der Waals surface area contributed by atoms with Gasteiger partial charge in [0.1, 0.15) is 11.4 Å². The predicted molar refractivity (Wildman–Crippen MR) is 108 cm³/mol. The molecule has 3 aromatic rings. The average molecular weight is 365 g/mol. The molecule has 0 fully saturated rings. The molecule has 0 aliphatic carbocycles. The van der Waals surface area contributed by atoms with Crippen molar-refractivity contribution in [1.82, 2.24) is 4.98 Å². The van der Waals surface area contributed by atoms with Crippen molar-refractivity contribution in [3.05, 3.63) is 71.0 Å². The van der Waals surface area contributed by atoms with Crippen LogP contribution in [0.25, 0.3) is 10.8 Å². The van der Waals surface area contributed by atoms with Crippen molar-refractivity contribution in [2.75, 3.05) is 20.3 Å². The minimum atomic E-state index is -0.476. The molecule has 0 aliphatic rings. The monoisotopic (exact) mass is 365 g/mol. The second kappa shape index (κ2) is 8.98. The molecule has 1 aromatic heterocycles. The molecule has 2 aromatic carbocycles. The molecular formula is C23H27NO3. The quantitative estimate of drug-likeness (QED) is 0.514. The van der Waals surface area contributed by atoms with E-state index in [1.54, 1.807) is 7.11 Å². The summed E-state index contributed by atoms with van der Waals surface area (Å²) in [6, 6.07) is 14.6. The summed E-state index contributed by atoms with van der Waals surface area (Å²) in [5.74, 6) is 0.873. The van der Waals surface area contributed by atoms with Gasteiger partial charge in [-0.2, -0.15) is 0 Å². The van der Waals surface area contributed by atoms with E-state index in [0.29, 0.717) is 13.2 Å². The lowest BCUT2D eigenvalue weighted by Crippen LogP contribution is -2.14. The van der Waals surface area contributed by atoms with Crippen LogP contribution >= 0.6 is 0 Å². The van der Waals surface area contributed by atoms with Crippen LogP contribution in [0.2, 0.25) is 0 Å². The summed E-state index contributed by atoms with van der Waals surface area (Å²) >= 11 is 0. The van der Waals surface area contributed by atoms with Crippen LogP contribution in [0.5, 0.6) is 5.75 Å². The molecule has 0 aliphatic heterocycles. The number of aromatic nitrogens is 1. The SMILES string of the molecule is CCOC(OCC)c1ncc2cc(C)c(OC)cc2c1Cc1ccccc1. The number of hydrogen-bond acceptors (Lipinski definition) is 4. The highest BCUT2D eigenvalue weighted by atomic mass is 16.7. The van der Waals surface area contributed by atoms with Gasteiger partial charge in [-0.05, 0) is 55.0 Å². The van der Waals surface area contributed by atoms with E-state index in [9.17, 15) is 0 Å². The molecule has 142 valence electrons. The second-order valence-electron chi connectivity index (χ2n) is 6.44. The molecule has 0 atom stereocenters. The highest BCUT2D eigenvalue weighted by molar-refractivity contribution is 5.88. The van der Waals surface area contributed by atoms with Crippen LogP contribution in [0.3, 0.4) is 0 Å². The molecule has 0 unspecified atom stereocenters. The molecular weight excluding hydrogens is 338 g/mol.